The van der Waals surface area contributed by atoms with E-state index in [1.807, 2.05) is 13.8 Å². The minimum absolute atomic E-state index is 0.129. The maximum atomic E-state index is 12.1. The minimum atomic E-state index is -3.15. The predicted molar refractivity (Wildman–Crippen MR) is 80.7 cm³/mol. The van der Waals surface area contributed by atoms with Crippen molar-refractivity contribution in [3.8, 4) is 0 Å². The highest BCUT2D eigenvalue weighted by molar-refractivity contribution is 7.89. The lowest BCUT2D eigenvalue weighted by atomic mass is 9.83. The zero-order valence-electron chi connectivity index (χ0n) is 12.6. The number of rotatable bonds is 8. The lowest BCUT2D eigenvalue weighted by Crippen LogP contribution is -2.43. The molecule has 0 bridgehead atoms. The first kappa shape index (κ1) is 16.9. The van der Waals surface area contributed by atoms with Gasteiger partial charge in [0.25, 0.3) is 0 Å². The summed E-state index contributed by atoms with van der Waals surface area (Å²) >= 11 is 0. The van der Waals surface area contributed by atoms with Crippen molar-refractivity contribution in [1.29, 1.82) is 0 Å². The fraction of sp³-hybridized carbons (Fsp3) is 1.00. The van der Waals surface area contributed by atoms with Gasteiger partial charge in [-0.15, -0.1) is 0 Å². The van der Waals surface area contributed by atoms with Crippen LogP contribution in [-0.2, 0) is 10.0 Å². The average molecular weight is 290 g/mol. The number of hydrogen-bond donors (Lipinski definition) is 2. The summed E-state index contributed by atoms with van der Waals surface area (Å²) in [5.41, 5.74) is 0. The molecule has 0 amide bonds. The van der Waals surface area contributed by atoms with Gasteiger partial charge in [-0.3, -0.25) is 0 Å². The van der Waals surface area contributed by atoms with E-state index in [2.05, 4.69) is 17.0 Å². The largest absolute Gasteiger partial charge is 0.313 e. The maximum Gasteiger partial charge on any atom is 0.213 e. The molecule has 0 aromatic rings. The van der Waals surface area contributed by atoms with E-state index in [-0.39, 0.29) is 11.8 Å². The Morgan fingerprint density at radius 3 is 2.32 bits per heavy atom. The van der Waals surface area contributed by atoms with E-state index in [9.17, 15) is 8.42 Å². The van der Waals surface area contributed by atoms with Gasteiger partial charge in [-0.1, -0.05) is 40.0 Å². The molecule has 0 aromatic carbocycles. The van der Waals surface area contributed by atoms with Crippen LogP contribution in [0.3, 0.4) is 0 Å². The lowest BCUT2D eigenvalue weighted by Gasteiger charge is -2.30. The maximum absolute atomic E-state index is 12.1. The highest BCUT2D eigenvalue weighted by atomic mass is 32.2. The molecule has 1 aliphatic carbocycles. The molecule has 0 aromatic heterocycles. The number of hydrogen-bond acceptors (Lipinski definition) is 3. The molecule has 1 rings (SSSR count). The fourth-order valence-electron chi connectivity index (χ4n) is 2.82. The van der Waals surface area contributed by atoms with Crippen LogP contribution in [0.1, 0.15) is 59.3 Å². The highest BCUT2D eigenvalue weighted by Gasteiger charge is 2.25. The molecule has 1 unspecified atom stereocenters. The molecular formula is C14H30N2O2S. The van der Waals surface area contributed by atoms with Gasteiger partial charge in [0, 0.05) is 18.6 Å². The summed E-state index contributed by atoms with van der Waals surface area (Å²) in [5.74, 6) is 0.709. The van der Waals surface area contributed by atoms with Gasteiger partial charge in [0.2, 0.25) is 10.0 Å². The first-order valence-corrected chi connectivity index (χ1v) is 9.33. The summed E-state index contributed by atoms with van der Waals surface area (Å²) in [6.45, 7) is 6.65. The van der Waals surface area contributed by atoms with Gasteiger partial charge in [-0.2, -0.15) is 0 Å². The molecule has 114 valence electrons. The Balaban J connectivity index is 2.44. The second-order valence-corrected chi connectivity index (χ2v) is 7.83. The van der Waals surface area contributed by atoms with Crippen LogP contribution in [0.4, 0.5) is 0 Å². The van der Waals surface area contributed by atoms with Gasteiger partial charge >= 0.3 is 0 Å². The quantitative estimate of drug-likeness (QED) is 0.721. The molecule has 0 spiro atoms. The zero-order valence-corrected chi connectivity index (χ0v) is 13.4. The van der Waals surface area contributed by atoms with Crippen LogP contribution in [0.2, 0.25) is 0 Å². The third-order valence-corrected chi connectivity index (χ3v) is 5.32. The van der Waals surface area contributed by atoms with Crippen molar-refractivity contribution in [2.24, 2.45) is 5.92 Å². The Hall–Kier alpha value is -0.130. The smallest absolute Gasteiger partial charge is 0.213 e. The molecule has 0 aliphatic heterocycles. The van der Waals surface area contributed by atoms with E-state index < -0.39 is 10.0 Å². The Bertz CT molecular complexity index is 335. The van der Waals surface area contributed by atoms with Crippen LogP contribution >= 0.6 is 0 Å². The van der Waals surface area contributed by atoms with Gasteiger partial charge < -0.3 is 5.32 Å². The highest BCUT2D eigenvalue weighted by Crippen LogP contribution is 2.28. The Kier molecular flexibility index (Phi) is 7.32. The van der Waals surface area contributed by atoms with Crippen molar-refractivity contribution in [2.75, 3.05) is 12.3 Å². The van der Waals surface area contributed by atoms with Gasteiger partial charge in [-0.25, -0.2) is 13.1 Å². The van der Waals surface area contributed by atoms with Crippen LogP contribution in [0.15, 0.2) is 0 Å². The van der Waals surface area contributed by atoms with E-state index >= 15 is 0 Å². The van der Waals surface area contributed by atoms with Crippen LogP contribution in [-0.4, -0.2) is 32.8 Å². The summed E-state index contributed by atoms with van der Waals surface area (Å²) in [5, 5.41) is 3.15. The molecule has 2 N–H and O–H groups in total. The Morgan fingerprint density at radius 2 is 1.79 bits per heavy atom. The molecule has 5 heteroatoms. The first-order valence-electron chi connectivity index (χ1n) is 7.68. The standard InChI is InChI=1S/C14H30N2O2S/c1-4-14(13-8-6-5-7-9-13)16-19(17,18)11-10-15-12(2)3/h12-16H,4-11H2,1-3H3. The van der Waals surface area contributed by atoms with E-state index in [1.165, 1.54) is 32.1 Å². The van der Waals surface area contributed by atoms with Crippen LogP contribution < -0.4 is 10.0 Å². The van der Waals surface area contributed by atoms with E-state index in [0.29, 0.717) is 18.5 Å². The van der Waals surface area contributed by atoms with Crippen molar-refractivity contribution in [3.63, 3.8) is 0 Å². The van der Waals surface area contributed by atoms with Crippen molar-refractivity contribution >= 4 is 10.0 Å². The van der Waals surface area contributed by atoms with Gasteiger partial charge in [0.15, 0.2) is 0 Å². The van der Waals surface area contributed by atoms with Crippen LogP contribution in [0, 0.1) is 5.92 Å². The predicted octanol–water partition coefficient (Wildman–Crippen LogP) is 2.26. The SMILES string of the molecule is CCC(NS(=O)(=O)CCNC(C)C)C1CCCCC1. The molecule has 1 fully saturated rings. The summed E-state index contributed by atoms with van der Waals surface area (Å²) in [6, 6.07) is 0.458. The van der Waals surface area contributed by atoms with Gasteiger partial charge in [-0.05, 0) is 25.2 Å². The molecule has 1 aliphatic rings. The summed E-state index contributed by atoms with van der Waals surface area (Å²) in [7, 11) is -3.15. The van der Waals surface area contributed by atoms with Crippen LogP contribution in [0.5, 0.6) is 0 Å². The zero-order chi connectivity index (χ0) is 14.3. The second kappa shape index (κ2) is 8.22. The second-order valence-electron chi connectivity index (χ2n) is 5.96. The van der Waals surface area contributed by atoms with Crippen molar-refractivity contribution in [2.45, 2.75) is 71.4 Å². The van der Waals surface area contributed by atoms with Gasteiger partial charge in [0.1, 0.15) is 0 Å². The number of sulfonamides is 1. The number of nitrogens with one attached hydrogen (secondary N) is 2. The van der Waals surface area contributed by atoms with E-state index in [4.69, 9.17) is 0 Å². The topological polar surface area (TPSA) is 58.2 Å². The molecule has 0 saturated heterocycles. The molecule has 0 radical (unpaired) electrons. The summed E-state index contributed by atoms with van der Waals surface area (Å²) < 4.78 is 27.1. The normalized spacial score (nSPS) is 19.8. The van der Waals surface area contributed by atoms with Gasteiger partial charge in [0.05, 0.1) is 5.75 Å². The fourth-order valence-corrected chi connectivity index (χ4v) is 4.15. The Labute approximate surface area is 118 Å². The first-order chi connectivity index (χ1) is 8.94. The molecule has 4 nitrogen and oxygen atoms in total. The van der Waals surface area contributed by atoms with Crippen molar-refractivity contribution in [3.05, 3.63) is 0 Å². The third kappa shape index (κ3) is 6.72. The van der Waals surface area contributed by atoms with E-state index in [1.54, 1.807) is 0 Å². The van der Waals surface area contributed by atoms with Crippen molar-refractivity contribution < 1.29 is 8.42 Å². The summed E-state index contributed by atoms with van der Waals surface area (Å²) in [4.78, 5) is 0. The third-order valence-electron chi connectivity index (χ3n) is 3.91. The van der Waals surface area contributed by atoms with E-state index in [0.717, 1.165) is 6.42 Å². The monoisotopic (exact) mass is 290 g/mol. The average Bonchev–Trinajstić information content (AvgIpc) is 2.36. The Morgan fingerprint density at radius 1 is 1.16 bits per heavy atom. The van der Waals surface area contributed by atoms with Crippen molar-refractivity contribution in [1.82, 2.24) is 10.0 Å². The summed E-state index contributed by atoms with van der Waals surface area (Å²) in [6.07, 6.45) is 7.03. The minimum Gasteiger partial charge on any atom is -0.313 e. The molecule has 19 heavy (non-hydrogen) atoms. The molecule has 1 atom stereocenters. The molecule has 1 saturated carbocycles. The van der Waals surface area contributed by atoms with Crippen LogP contribution in [0.25, 0.3) is 0 Å². The lowest BCUT2D eigenvalue weighted by molar-refractivity contribution is 0.285. The molecular weight excluding hydrogens is 260 g/mol. The molecule has 0 heterocycles.